The number of benzene rings is 2. The molecule has 196 valence electrons. The molecule has 2 saturated heterocycles. The first kappa shape index (κ1) is 22.8. The van der Waals surface area contributed by atoms with Crippen molar-refractivity contribution in [2.75, 3.05) is 21.3 Å². The van der Waals surface area contributed by atoms with Gasteiger partial charge < -0.3 is 14.2 Å². The van der Waals surface area contributed by atoms with E-state index in [1.54, 1.807) is 0 Å². The van der Waals surface area contributed by atoms with Crippen LogP contribution in [-0.4, -0.2) is 61.8 Å². The Morgan fingerprint density at radius 2 is 1.05 bits per heavy atom. The molecule has 2 aromatic carbocycles. The molecular formula is C31H31NO6. The summed E-state index contributed by atoms with van der Waals surface area (Å²) in [5.41, 5.74) is 3.96. The van der Waals surface area contributed by atoms with Gasteiger partial charge in [0.2, 0.25) is 0 Å². The second-order valence-corrected chi connectivity index (χ2v) is 12.0. The van der Waals surface area contributed by atoms with Crippen molar-refractivity contribution in [1.82, 2.24) is 4.90 Å². The van der Waals surface area contributed by atoms with Gasteiger partial charge in [-0.15, -0.1) is 0 Å². The largest absolute Gasteiger partial charge is 0.468 e. The van der Waals surface area contributed by atoms with Gasteiger partial charge in [0.05, 0.1) is 21.3 Å². The number of carbonyl (C=O) groups is 3. The van der Waals surface area contributed by atoms with Crippen LogP contribution in [-0.2, 0) is 28.6 Å². The van der Waals surface area contributed by atoms with Crippen LogP contribution in [0.25, 0.3) is 0 Å². The highest BCUT2D eigenvalue weighted by molar-refractivity contribution is 5.92. The van der Waals surface area contributed by atoms with Crippen molar-refractivity contribution in [3.63, 3.8) is 0 Å². The van der Waals surface area contributed by atoms with Gasteiger partial charge in [0.15, 0.2) is 0 Å². The quantitative estimate of drug-likeness (QED) is 0.460. The number of carbonyl (C=O) groups excluding carboxylic acids is 3. The molecule has 4 aliphatic carbocycles. The first-order valence-corrected chi connectivity index (χ1v) is 13.7. The second-order valence-electron chi connectivity index (χ2n) is 12.0. The molecule has 4 fully saturated rings. The average Bonchev–Trinajstić information content (AvgIpc) is 3.77. The average molecular weight is 514 g/mol. The molecule has 2 saturated carbocycles. The van der Waals surface area contributed by atoms with Crippen LogP contribution in [0.2, 0.25) is 0 Å². The van der Waals surface area contributed by atoms with Crippen molar-refractivity contribution >= 4 is 17.9 Å². The van der Waals surface area contributed by atoms with Crippen molar-refractivity contribution in [3.05, 3.63) is 70.8 Å². The van der Waals surface area contributed by atoms with Crippen molar-refractivity contribution in [2.24, 2.45) is 23.7 Å². The van der Waals surface area contributed by atoms with E-state index in [-0.39, 0.29) is 65.3 Å². The van der Waals surface area contributed by atoms with Gasteiger partial charge in [0.25, 0.3) is 0 Å². The number of rotatable bonds is 3. The molecule has 4 bridgehead atoms. The molecule has 38 heavy (non-hydrogen) atoms. The van der Waals surface area contributed by atoms with Crippen LogP contribution in [0.15, 0.2) is 48.5 Å². The van der Waals surface area contributed by atoms with Gasteiger partial charge in [-0.25, -0.2) is 0 Å². The minimum atomic E-state index is -1.11. The van der Waals surface area contributed by atoms with Crippen molar-refractivity contribution in [3.8, 4) is 0 Å². The molecule has 7 heteroatoms. The molecule has 2 heterocycles. The molecule has 7 nitrogen and oxygen atoms in total. The number of esters is 3. The van der Waals surface area contributed by atoms with E-state index in [4.69, 9.17) is 14.2 Å². The van der Waals surface area contributed by atoms with E-state index < -0.39 is 17.6 Å². The molecule has 0 aromatic heterocycles. The maximum atomic E-state index is 14.4. The van der Waals surface area contributed by atoms with E-state index in [9.17, 15) is 14.4 Å². The van der Waals surface area contributed by atoms with Gasteiger partial charge in [0, 0.05) is 11.8 Å². The summed E-state index contributed by atoms with van der Waals surface area (Å²) in [6, 6.07) is 15.5. The Bertz CT molecular complexity index is 1310. The monoisotopic (exact) mass is 513 g/mol. The van der Waals surface area contributed by atoms with E-state index in [0.29, 0.717) is 0 Å². The van der Waals surface area contributed by atoms with Crippen LogP contribution < -0.4 is 0 Å². The summed E-state index contributed by atoms with van der Waals surface area (Å²) >= 11 is 0. The van der Waals surface area contributed by atoms with Crippen LogP contribution in [0.4, 0.5) is 0 Å². The molecule has 2 aromatic rings. The van der Waals surface area contributed by atoms with Crippen LogP contribution in [0, 0.1) is 23.7 Å². The third kappa shape index (κ3) is 2.27. The summed E-state index contributed by atoms with van der Waals surface area (Å²) in [5, 5.41) is 0. The summed E-state index contributed by atoms with van der Waals surface area (Å²) in [6.07, 6.45) is 1.80. The third-order valence-electron chi connectivity index (χ3n) is 11.4. The fourth-order valence-corrected chi connectivity index (χ4v) is 10.8. The molecule has 10 unspecified atom stereocenters. The number of hydrogen-bond donors (Lipinski definition) is 0. The van der Waals surface area contributed by atoms with Crippen LogP contribution >= 0.6 is 0 Å². The zero-order valence-corrected chi connectivity index (χ0v) is 21.7. The van der Waals surface area contributed by atoms with Gasteiger partial charge in [-0.2, -0.15) is 0 Å². The SMILES string of the molecule is COC(=O)C1C2C3CC(c4ccccc43)C2C2(C(=O)OC)C3C4CC(c5ccccc54)C3C(C(=O)OC)N12. The number of fused-ring (bicyclic) bond motifs is 19. The normalized spacial score (nSPS) is 42.2. The lowest BCUT2D eigenvalue weighted by atomic mass is 9.59. The highest BCUT2D eigenvalue weighted by Crippen LogP contribution is 2.78. The molecule has 6 aliphatic rings. The van der Waals surface area contributed by atoms with E-state index >= 15 is 0 Å². The summed E-state index contributed by atoms with van der Waals surface area (Å²) in [4.78, 5) is 43.9. The summed E-state index contributed by atoms with van der Waals surface area (Å²) in [7, 11) is 4.25. The number of nitrogens with zero attached hydrogens (tertiary/aromatic N) is 1. The van der Waals surface area contributed by atoms with Gasteiger partial charge >= 0.3 is 17.9 Å². The van der Waals surface area contributed by atoms with Crippen LogP contribution in [0.3, 0.4) is 0 Å². The highest BCUT2D eigenvalue weighted by atomic mass is 16.5. The zero-order valence-electron chi connectivity index (χ0n) is 21.7. The highest BCUT2D eigenvalue weighted by Gasteiger charge is 2.84. The number of ether oxygens (including phenoxy) is 3. The minimum absolute atomic E-state index is 0.115. The van der Waals surface area contributed by atoms with Gasteiger partial charge in [-0.05, 0) is 70.6 Å². The summed E-state index contributed by atoms with van der Waals surface area (Å²) in [6.45, 7) is 0. The Morgan fingerprint density at radius 1 is 0.658 bits per heavy atom. The predicted molar refractivity (Wildman–Crippen MR) is 135 cm³/mol. The fraction of sp³-hybridized carbons (Fsp3) is 0.516. The van der Waals surface area contributed by atoms with Crippen LogP contribution in [0.5, 0.6) is 0 Å². The summed E-state index contributed by atoms with van der Waals surface area (Å²) < 4.78 is 16.6. The molecule has 0 radical (unpaired) electrons. The van der Waals surface area contributed by atoms with Gasteiger partial charge in [0.1, 0.15) is 17.6 Å². The van der Waals surface area contributed by atoms with Crippen LogP contribution in [0.1, 0.15) is 58.8 Å². The number of hydrogen-bond acceptors (Lipinski definition) is 7. The summed E-state index contributed by atoms with van der Waals surface area (Å²) in [5.74, 6) is -1.17. The Hall–Kier alpha value is -3.19. The number of methoxy groups -OCH3 is 3. The standard InChI is InChI=1S/C31H31NO6/c1-36-28(33)26-22-18-12-20(16-10-6-4-8-14(16)18)24(22)31(30(35)38-3)25-21-13-19(15-9-5-7-11-17(15)21)23(25)27(32(26)31)29(34)37-2/h4-11,18-27H,12-13H2,1-3H3. The lowest BCUT2D eigenvalue weighted by Gasteiger charge is -2.44. The fourth-order valence-electron chi connectivity index (χ4n) is 10.8. The Kier molecular flexibility index (Phi) is 4.47. The minimum Gasteiger partial charge on any atom is -0.468 e. The van der Waals surface area contributed by atoms with E-state index in [0.717, 1.165) is 12.8 Å². The maximum Gasteiger partial charge on any atom is 0.326 e. The lowest BCUT2D eigenvalue weighted by molar-refractivity contribution is -0.165. The molecule has 8 rings (SSSR count). The Labute approximate surface area is 221 Å². The smallest absolute Gasteiger partial charge is 0.326 e. The second kappa shape index (κ2) is 7.47. The zero-order chi connectivity index (χ0) is 26.1. The topological polar surface area (TPSA) is 82.1 Å². The molecule has 0 amide bonds. The van der Waals surface area contributed by atoms with E-state index in [1.165, 1.54) is 43.6 Å². The van der Waals surface area contributed by atoms with E-state index in [1.807, 2.05) is 17.0 Å². The maximum absolute atomic E-state index is 14.4. The molecule has 10 atom stereocenters. The van der Waals surface area contributed by atoms with Crippen molar-refractivity contribution in [2.45, 2.75) is 54.1 Å². The Morgan fingerprint density at radius 3 is 1.42 bits per heavy atom. The predicted octanol–water partition coefficient (Wildman–Crippen LogP) is 3.34. The Balaban J connectivity index is 1.42. The van der Waals surface area contributed by atoms with Gasteiger partial charge in [-0.3, -0.25) is 19.3 Å². The molecule has 0 spiro atoms. The third-order valence-corrected chi connectivity index (χ3v) is 11.4. The van der Waals surface area contributed by atoms with Crippen molar-refractivity contribution < 1.29 is 28.6 Å². The first-order chi connectivity index (χ1) is 18.5. The van der Waals surface area contributed by atoms with Crippen molar-refractivity contribution in [1.29, 1.82) is 0 Å². The molecule has 0 N–H and O–H groups in total. The molecule has 2 aliphatic heterocycles. The first-order valence-electron chi connectivity index (χ1n) is 13.7. The lowest BCUT2D eigenvalue weighted by Crippen LogP contribution is -2.61. The van der Waals surface area contributed by atoms with E-state index in [2.05, 4.69) is 36.4 Å². The van der Waals surface area contributed by atoms with Gasteiger partial charge in [-0.1, -0.05) is 48.5 Å². The molecular weight excluding hydrogens is 482 g/mol.